The molecular weight excluding hydrogens is 454 g/mol. The van der Waals surface area contributed by atoms with Crippen LogP contribution in [-0.4, -0.2) is 51.4 Å². The molecule has 0 unspecified atom stereocenters. The Balaban J connectivity index is 2.02. The summed E-state index contributed by atoms with van der Waals surface area (Å²) < 4.78 is 27.5. The molecule has 35 heavy (non-hydrogen) atoms. The molecule has 0 aromatic heterocycles. The smallest absolute Gasteiger partial charge is 0.412 e. The Morgan fingerprint density at radius 3 is 1.97 bits per heavy atom. The van der Waals surface area contributed by atoms with Gasteiger partial charge in [0.1, 0.15) is 6.61 Å². The van der Waals surface area contributed by atoms with E-state index in [1.54, 1.807) is 18.2 Å². The van der Waals surface area contributed by atoms with E-state index >= 15 is 0 Å². The number of nitrogens with zero attached hydrogens (tertiary/aromatic N) is 1. The standard InChI is InChI=1S/C26H29NO8/c1-31-21-11-10-18(12-22(21)35-16-17-8-6-5-7-9-17)20(15-28)27(26(29)30)19-13-23(32-2)25(34-4)24(14-19)33-3/h5-14,20,28H,15-16H2,1-4H3,(H,29,30)/t20-/m1/s1. The van der Waals surface area contributed by atoms with Gasteiger partial charge in [-0.2, -0.15) is 0 Å². The van der Waals surface area contributed by atoms with Crippen LogP contribution in [0.3, 0.4) is 0 Å². The summed E-state index contributed by atoms with van der Waals surface area (Å²) in [5, 5.41) is 20.4. The van der Waals surface area contributed by atoms with Crippen LogP contribution in [0.25, 0.3) is 0 Å². The van der Waals surface area contributed by atoms with Gasteiger partial charge in [0.2, 0.25) is 5.75 Å². The van der Waals surface area contributed by atoms with E-state index in [1.807, 2.05) is 30.3 Å². The number of aliphatic hydroxyl groups is 1. The minimum absolute atomic E-state index is 0.230. The Morgan fingerprint density at radius 2 is 1.46 bits per heavy atom. The van der Waals surface area contributed by atoms with E-state index < -0.39 is 18.7 Å². The van der Waals surface area contributed by atoms with Crippen molar-refractivity contribution in [2.75, 3.05) is 39.9 Å². The van der Waals surface area contributed by atoms with Crippen LogP contribution in [0.4, 0.5) is 10.5 Å². The number of methoxy groups -OCH3 is 4. The van der Waals surface area contributed by atoms with Crippen molar-refractivity contribution in [1.29, 1.82) is 0 Å². The first-order valence-corrected chi connectivity index (χ1v) is 10.7. The molecule has 1 atom stereocenters. The van der Waals surface area contributed by atoms with Crippen LogP contribution in [0.1, 0.15) is 17.2 Å². The van der Waals surface area contributed by atoms with Gasteiger partial charge < -0.3 is 33.9 Å². The Kier molecular flexibility index (Phi) is 8.63. The summed E-state index contributed by atoms with van der Waals surface area (Å²) in [6.45, 7) is -0.201. The van der Waals surface area contributed by atoms with Gasteiger partial charge in [-0.15, -0.1) is 0 Å². The highest BCUT2D eigenvalue weighted by Crippen LogP contribution is 2.43. The first-order valence-electron chi connectivity index (χ1n) is 10.7. The number of anilines is 1. The molecule has 0 fully saturated rings. The summed E-state index contributed by atoms with van der Waals surface area (Å²) >= 11 is 0. The Morgan fingerprint density at radius 1 is 0.829 bits per heavy atom. The number of hydrogen-bond acceptors (Lipinski definition) is 7. The molecule has 0 radical (unpaired) electrons. The zero-order valence-corrected chi connectivity index (χ0v) is 20.1. The predicted octanol–water partition coefficient (Wildman–Crippen LogP) is 4.52. The molecule has 0 aliphatic carbocycles. The fourth-order valence-electron chi connectivity index (χ4n) is 3.71. The Labute approximate surface area is 204 Å². The lowest BCUT2D eigenvalue weighted by Gasteiger charge is -2.30. The third-order valence-electron chi connectivity index (χ3n) is 5.43. The molecule has 9 nitrogen and oxygen atoms in total. The van der Waals surface area contributed by atoms with Crippen LogP contribution in [-0.2, 0) is 6.61 Å². The summed E-state index contributed by atoms with van der Waals surface area (Å²) in [4.78, 5) is 13.4. The van der Waals surface area contributed by atoms with E-state index in [0.29, 0.717) is 29.4 Å². The minimum Gasteiger partial charge on any atom is -0.493 e. The van der Waals surface area contributed by atoms with Crippen LogP contribution >= 0.6 is 0 Å². The highest BCUT2D eigenvalue weighted by atomic mass is 16.5. The topological polar surface area (TPSA) is 107 Å². The van der Waals surface area contributed by atoms with E-state index in [1.165, 1.54) is 40.6 Å². The van der Waals surface area contributed by atoms with Gasteiger partial charge in [-0.25, -0.2) is 4.79 Å². The van der Waals surface area contributed by atoms with Crippen molar-refractivity contribution in [3.63, 3.8) is 0 Å². The van der Waals surface area contributed by atoms with E-state index in [-0.39, 0.29) is 17.2 Å². The van der Waals surface area contributed by atoms with Gasteiger partial charge >= 0.3 is 6.09 Å². The molecule has 0 aliphatic rings. The Hall–Kier alpha value is -4.11. The summed E-state index contributed by atoms with van der Waals surface area (Å²) in [5.41, 5.74) is 1.70. The number of benzene rings is 3. The minimum atomic E-state index is -1.28. The van der Waals surface area contributed by atoms with Crippen LogP contribution in [0.2, 0.25) is 0 Å². The third kappa shape index (κ3) is 5.70. The average Bonchev–Trinajstić information content (AvgIpc) is 2.89. The molecule has 0 saturated heterocycles. The second-order valence-corrected chi connectivity index (χ2v) is 7.42. The van der Waals surface area contributed by atoms with Crippen molar-refractivity contribution >= 4 is 11.8 Å². The molecule has 0 spiro atoms. The van der Waals surface area contributed by atoms with Gasteiger partial charge in [-0.1, -0.05) is 36.4 Å². The molecular formula is C26H29NO8. The molecule has 2 N–H and O–H groups in total. The highest BCUT2D eigenvalue weighted by Gasteiger charge is 2.29. The van der Waals surface area contributed by atoms with Gasteiger partial charge in [0.25, 0.3) is 0 Å². The molecule has 0 bridgehead atoms. The van der Waals surface area contributed by atoms with Crippen molar-refractivity contribution in [2.24, 2.45) is 0 Å². The maximum atomic E-state index is 12.4. The number of rotatable bonds is 11. The van der Waals surface area contributed by atoms with E-state index in [2.05, 4.69) is 0 Å². The number of hydrogen-bond donors (Lipinski definition) is 2. The molecule has 3 aromatic carbocycles. The lowest BCUT2D eigenvalue weighted by Crippen LogP contribution is -2.35. The fraction of sp³-hybridized carbons (Fsp3) is 0.269. The molecule has 1 amide bonds. The number of amides is 1. The lowest BCUT2D eigenvalue weighted by molar-refractivity contribution is 0.190. The van der Waals surface area contributed by atoms with Crippen molar-refractivity contribution < 1.29 is 38.7 Å². The average molecular weight is 484 g/mol. The lowest BCUT2D eigenvalue weighted by atomic mass is 10.0. The SMILES string of the molecule is COc1ccc([C@@H](CO)N(C(=O)O)c2cc(OC)c(OC)c(OC)c2)cc1OCc1ccccc1. The molecule has 3 rings (SSSR count). The van der Waals surface area contributed by atoms with Crippen molar-refractivity contribution in [1.82, 2.24) is 0 Å². The van der Waals surface area contributed by atoms with E-state index in [9.17, 15) is 15.0 Å². The van der Waals surface area contributed by atoms with E-state index in [0.717, 1.165) is 10.5 Å². The number of carbonyl (C=O) groups is 1. The normalized spacial score (nSPS) is 11.3. The molecule has 0 saturated carbocycles. The van der Waals surface area contributed by atoms with Crippen LogP contribution < -0.4 is 28.6 Å². The number of aliphatic hydroxyl groups excluding tert-OH is 1. The highest BCUT2D eigenvalue weighted by molar-refractivity contribution is 5.88. The molecule has 186 valence electrons. The molecule has 0 aliphatic heterocycles. The number of carboxylic acid groups (broad SMARTS) is 1. The summed E-state index contributed by atoms with van der Waals surface area (Å²) in [7, 11) is 5.86. The molecule has 0 heterocycles. The van der Waals surface area contributed by atoms with Crippen LogP contribution in [0.15, 0.2) is 60.7 Å². The van der Waals surface area contributed by atoms with Gasteiger partial charge in [0, 0.05) is 12.1 Å². The monoisotopic (exact) mass is 483 g/mol. The summed E-state index contributed by atoms with van der Waals surface area (Å²) in [6, 6.07) is 16.7. The Bertz CT molecular complexity index is 1110. The molecule has 3 aromatic rings. The van der Waals surface area contributed by atoms with Crippen LogP contribution in [0, 0.1) is 0 Å². The fourth-order valence-corrected chi connectivity index (χ4v) is 3.71. The summed E-state index contributed by atoms with van der Waals surface area (Å²) in [6.07, 6.45) is -1.28. The third-order valence-corrected chi connectivity index (χ3v) is 5.43. The van der Waals surface area contributed by atoms with Crippen LogP contribution in [0.5, 0.6) is 28.7 Å². The van der Waals surface area contributed by atoms with Gasteiger partial charge in [-0.3, -0.25) is 4.90 Å². The zero-order valence-electron chi connectivity index (χ0n) is 20.1. The molecule has 9 heteroatoms. The van der Waals surface area contributed by atoms with Gasteiger partial charge in [0.05, 0.1) is 46.8 Å². The van der Waals surface area contributed by atoms with Gasteiger partial charge in [0.15, 0.2) is 23.0 Å². The second-order valence-electron chi connectivity index (χ2n) is 7.42. The summed E-state index contributed by atoms with van der Waals surface area (Å²) in [5.74, 6) is 1.79. The zero-order chi connectivity index (χ0) is 25.4. The first-order chi connectivity index (χ1) is 17.0. The maximum Gasteiger partial charge on any atom is 0.412 e. The van der Waals surface area contributed by atoms with Gasteiger partial charge in [-0.05, 0) is 23.3 Å². The quantitative estimate of drug-likeness (QED) is 0.410. The van der Waals surface area contributed by atoms with Crippen molar-refractivity contribution in [3.8, 4) is 28.7 Å². The van der Waals surface area contributed by atoms with Crippen molar-refractivity contribution in [2.45, 2.75) is 12.6 Å². The number of ether oxygens (including phenoxy) is 5. The first kappa shape index (κ1) is 25.5. The second kappa shape index (κ2) is 11.8. The van der Waals surface area contributed by atoms with E-state index in [4.69, 9.17) is 23.7 Å². The predicted molar refractivity (Wildman–Crippen MR) is 130 cm³/mol. The van der Waals surface area contributed by atoms with Crippen molar-refractivity contribution in [3.05, 3.63) is 71.8 Å². The largest absolute Gasteiger partial charge is 0.493 e. The maximum absolute atomic E-state index is 12.4.